The first-order valence-electron chi connectivity index (χ1n) is 11.2. The lowest BCUT2D eigenvalue weighted by Gasteiger charge is -2.34. The molecule has 0 saturated carbocycles. The molecule has 2 aromatic rings. The van der Waals surface area contributed by atoms with Gasteiger partial charge in [0.1, 0.15) is 0 Å². The molecule has 1 aliphatic heterocycles. The number of pyridine rings is 1. The number of halogens is 1. The molecule has 1 fully saturated rings. The second-order valence-corrected chi connectivity index (χ2v) is 12.1. The van der Waals surface area contributed by atoms with Crippen molar-refractivity contribution >= 4 is 44.8 Å². The van der Waals surface area contributed by atoms with E-state index in [0.29, 0.717) is 41.6 Å². The van der Waals surface area contributed by atoms with E-state index in [9.17, 15) is 18.0 Å². The summed E-state index contributed by atoms with van der Waals surface area (Å²) < 4.78 is 24.2. The van der Waals surface area contributed by atoms with E-state index in [2.05, 4.69) is 15.6 Å². The van der Waals surface area contributed by atoms with Crippen LogP contribution in [0.25, 0.3) is 0 Å². The summed E-state index contributed by atoms with van der Waals surface area (Å²) >= 11 is 6.01. The minimum Gasteiger partial charge on any atom is -0.355 e. The van der Waals surface area contributed by atoms with Crippen LogP contribution in [0.3, 0.4) is 0 Å². The third-order valence-electron chi connectivity index (χ3n) is 5.47. The van der Waals surface area contributed by atoms with Gasteiger partial charge in [-0.3, -0.25) is 9.59 Å². The molecule has 8 nitrogen and oxygen atoms in total. The van der Waals surface area contributed by atoms with Crippen molar-refractivity contribution in [3.05, 3.63) is 47.0 Å². The maximum Gasteiger partial charge on any atom is 0.255 e. The third-order valence-corrected chi connectivity index (χ3v) is 6.69. The number of carbonyl (C=O) groups is 2. The van der Waals surface area contributed by atoms with Crippen LogP contribution in [0.15, 0.2) is 41.4 Å². The number of hydrogen-bond donors (Lipinski definition) is 2. The zero-order valence-corrected chi connectivity index (χ0v) is 21.5. The average Bonchev–Trinajstić information content (AvgIpc) is 2.72. The van der Waals surface area contributed by atoms with Gasteiger partial charge in [-0.1, -0.05) is 17.7 Å². The second kappa shape index (κ2) is 10.3. The maximum atomic E-state index is 12.8. The fourth-order valence-electron chi connectivity index (χ4n) is 3.88. The summed E-state index contributed by atoms with van der Waals surface area (Å²) in [6.07, 6.45) is 3.05. The van der Waals surface area contributed by atoms with Gasteiger partial charge in [0.2, 0.25) is 5.91 Å². The first-order chi connectivity index (χ1) is 15.8. The van der Waals surface area contributed by atoms with Crippen molar-refractivity contribution < 1.29 is 18.0 Å². The van der Waals surface area contributed by atoms with Crippen LogP contribution < -0.4 is 15.5 Å². The number of benzene rings is 1. The number of piperidine rings is 1. The van der Waals surface area contributed by atoms with Gasteiger partial charge in [-0.15, -0.1) is 0 Å². The highest BCUT2D eigenvalue weighted by atomic mass is 35.5. The maximum absolute atomic E-state index is 12.8. The van der Waals surface area contributed by atoms with E-state index in [1.165, 1.54) is 6.07 Å². The number of amides is 2. The number of hydrogen-bond acceptors (Lipinski definition) is 6. The predicted octanol–water partition coefficient (Wildman–Crippen LogP) is 3.91. The molecule has 34 heavy (non-hydrogen) atoms. The normalized spacial score (nSPS) is 15.1. The zero-order chi connectivity index (χ0) is 25.1. The molecular weight excluding hydrogens is 476 g/mol. The Morgan fingerprint density at radius 2 is 1.82 bits per heavy atom. The Balaban J connectivity index is 1.78. The van der Waals surface area contributed by atoms with E-state index >= 15 is 0 Å². The van der Waals surface area contributed by atoms with E-state index in [0.717, 1.165) is 19.1 Å². The van der Waals surface area contributed by atoms with Crippen LogP contribution in [0.5, 0.6) is 0 Å². The molecule has 1 aromatic carbocycles. The summed E-state index contributed by atoms with van der Waals surface area (Å²) in [5, 5.41) is 6.21. The van der Waals surface area contributed by atoms with Crippen LogP contribution >= 0.6 is 11.6 Å². The lowest BCUT2D eigenvalue weighted by molar-refractivity contribution is -0.123. The van der Waals surface area contributed by atoms with Gasteiger partial charge in [0.25, 0.3) is 5.91 Å². The van der Waals surface area contributed by atoms with Crippen molar-refractivity contribution in [1.29, 1.82) is 0 Å². The molecule has 2 N–H and O–H groups in total. The molecule has 1 aliphatic rings. The van der Waals surface area contributed by atoms with Crippen LogP contribution in [0.2, 0.25) is 5.02 Å². The molecule has 2 amide bonds. The Hall–Kier alpha value is -2.65. The summed E-state index contributed by atoms with van der Waals surface area (Å²) in [6, 6.07) is 9.51. The highest BCUT2D eigenvalue weighted by molar-refractivity contribution is 7.90. The molecule has 0 bridgehead atoms. The lowest BCUT2D eigenvalue weighted by atomic mass is 9.92. The third kappa shape index (κ3) is 7.17. The van der Waals surface area contributed by atoms with Crippen molar-refractivity contribution in [1.82, 2.24) is 10.3 Å². The van der Waals surface area contributed by atoms with Crippen LogP contribution in [-0.4, -0.2) is 50.1 Å². The first-order valence-corrected chi connectivity index (χ1v) is 13.4. The van der Waals surface area contributed by atoms with Gasteiger partial charge in [0.15, 0.2) is 20.7 Å². The molecule has 0 unspecified atom stereocenters. The predicted molar refractivity (Wildman–Crippen MR) is 134 cm³/mol. The molecule has 0 radical (unpaired) electrons. The minimum atomic E-state index is -3.53. The molecule has 1 aromatic heterocycles. The van der Waals surface area contributed by atoms with Crippen molar-refractivity contribution in [3.63, 3.8) is 0 Å². The van der Waals surface area contributed by atoms with Gasteiger partial charge in [-0.2, -0.15) is 0 Å². The first kappa shape index (κ1) is 26.0. The summed E-state index contributed by atoms with van der Waals surface area (Å²) in [7, 11) is -3.53. The van der Waals surface area contributed by atoms with Gasteiger partial charge in [-0.25, -0.2) is 13.4 Å². The number of nitrogens with one attached hydrogen (secondary N) is 2. The van der Waals surface area contributed by atoms with Crippen LogP contribution in [0, 0.1) is 5.92 Å². The van der Waals surface area contributed by atoms with Gasteiger partial charge < -0.3 is 15.5 Å². The van der Waals surface area contributed by atoms with Crippen molar-refractivity contribution in [2.75, 3.05) is 29.6 Å². The molecule has 3 rings (SSSR count). The van der Waals surface area contributed by atoms with Gasteiger partial charge in [0.05, 0.1) is 5.69 Å². The van der Waals surface area contributed by atoms with Crippen molar-refractivity contribution in [2.24, 2.45) is 5.92 Å². The van der Waals surface area contributed by atoms with Crippen molar-refractivity contribution in [3.8, 4) is 0 Å². The number of carbonyl (C=O) groups excluding carboxylic acids is 2. The van der Waals surface area contributed by atoms with E-state index in [1.807, 2.05) is 25.7 Å². The second-order valence-electron chi connectivity index (χ2n) is 9.69. The standard InChI is InChI=1S/C24H31ClN4O4S/c1-24(2,3)28-20(30)14-16-10-12-29(13-11-16)22-19(8-9-21(27-22)34(4,32)33)26-23(31)17-6-5-7-18(25)15-17/h5-9,15-16H,10-14H2,1-4H3,(H,26,31)(H,28,30). The number of rotatable bonds is 6. The summed E-state index contributed by atoms with van der Waals surface area (Å²) in [5.41, 5.74) is 0.527. The fraction of sp³-hybridized carbons (Fsp3) is 0.458. The Morgan fingerprint density at radius 1 is 1.15 bits per heavy atom. The number of aromatic nitrogens is 1. The molecule has 0 aliphatic carbocycles. The number of sulfone groups is 1. The summed E-state index contributed by atoms with van der Waals surface area (Å²) in [5.74, 6) is 0.279. The Labute approximate surface area is 206 Å². The minimum absolute atomic E-state index is 0.0256. The molecule has 0 spiro atoms. The van der Waals surface area contributed by atoms with Crippen LogP contribution in [0.4, 0.5) is 11.5 Å². The Bertz CT molecular complexity index is 1170. The SMILES string of the molecule is CC(C)(C)NC(=O)CC1CCN(c2nc(S(C)(=O)=O)ccc2NC(=O)c2cccc(Cl)c2)CC1. The van der Waals surface area contributed by atoms with Crippen LogP contribution in [0.1, 0.15) is 50.4 Å². The summed E-state index contributed by atoms with van der Waals surface area (Å²) in [4.78, 5) is 31.4. The van der Waals surface area contributed by atoms with Crippen molar-refractivity contribution in [2.45, 2.75) is 50.6 Å². The van der Waals surface area contributed by atoms with E-state index in [1.54, 1.807) is 30.3 Å². The van der Waals surface area contributed by atoms with Gasteiger partial charge in [0, 0.05) is 41.9 Å². The quantitative estimate of drug-likeness (QED) is 0.614. The Kier molecular flexibility index (Phi) is 7.88. The highest BCUT2D eigenvalue weighted by Crippen LogP contribution is 2.31. The largest absolute Gasteiger partial charge is 0.355 e. The van der Waals surface area contributed by atoms with E-state index in [-0.39, 0.29) is 28.3 Å². The molecule has 2 heterocycles. The molecule has 10 heteroatoms. The zero-order valence-electron chi connectivity index (χ0n) is 19.9. The topological polar surface area (TPSA) is 108 Å². The Morgan fingerprint density at radius 3 is 2.41 bits per heavy atom. The molecular formula is C24H31ClN4O4S. The molecule has 1 saturated heterocycles. The highest BCUT2D eigenvalue weighted by Gasteiger charge is 2.26. The van der Waals surface area contributed by atoms with Crippen LogP contribution in [-0.2, 0) is 14.6 Å². The monoisotopic (exact) mass is 506 g/mol. The van der Waals surface area contributed by atoms with E-state index < -0.39 is 9.84 Å². The van der Waals surface area contributed by atoms with Gasteiger partial charge in [-0.05, 0) is 69.9 Å². The lowest BCUT2D eigenvalue weighted by Crippen LogP contribution is -2.42. The average molecular weight is 507 g/mol. The smallest absolute Gasteiger partial charge is 0.255 e. The molecule has 0 atom stereocenters. The molecule has 184 valence electrons. The van der Waals surface area contributed by atoms with E-state index in [4.69, 9.17) is 11.6 Å². The fourth-order valence-corrected chi connectivity index (χ4v) is 4.64. The summed E-state index contributed by atoms with van der Waals surface area (Å²) in [6.45, 7) is 7.04. The number of nitrogens with zero attached hydrogens (tertiary/aromatic N) is 2. The number of anilines is 2. The van der Waals surface area contributed by atoms with Gasteiger partial charge >= 0.3 is 0 Å².